The predicted molar refractivity (Wildman–Crippen MR) is 87.0 cm³/mol. The summed E-state index contributed by atoms with van der Waals surface area (Å²) in [6.07, 6.45) is 1.07. The number of cyclic esters (lactones) is 1. The topological polar surface area (TPSA) is 83.1 Å². The number of para-hydroxylation sites is 1. The smallest absolute Gasteiger partial charge is 0.429 e. The highest BCUT2D eigenvalue weighted by atomic mass is 16.6. The molecule has 23 heavy (non-hydrogen) atoms. The Balaban J connectivity index is 1.89. The minimum Gasteiger partial charge on any atom is -0.446 e. The van der Waals surface area contributed by atoms with Gasteiger partial charge < -0.3 is 9.72 Å². The van der Waals surface area contributed by atoms with E-state index in [1.54, 1.807) is 0 Å². The first kappa shape index (κ1) is 13.8. The van der Waals surface area contributed by atoms with E-state index in [9.17, 15) is 4.79 Å². The van der Waals surface area contributed by atoms with Gasteiger partial charge in [0.1, 0.15) is 18.6 Å². The van der Waals surface area contributed by atoms with Gasteiger partial charge >= 0.3 is 6.09 Å². The molecule has 0 bridgehead atoms. The number of anilines is 1. The van der Waals surface area contributed by atoms with Gasteiger partial charge in [0.05, 0.1) is 16.4 Å². The maximum atomic E-state index is 12.0. The lowest BCUT2D eigenvalue weighted by atomic mass is 10.1. The highest BCUT2D eigenvalue weighted by molar-refractivity contribution is 6.11. The molecule has 0 unspecified atom stereocenters. The zero-order valence-electron chi connectivity index (χ0n) is 13.2. The molecule has 1 aliphatic heterocycles. The maximum Gasteiger partial charge on any atom is 0.429 e. The number of aromatic nitrogens is 3. The van der Waals surface area contributed by atoms with Crippen LogP contribution < -0.4 is 5.43 Å². The number of carbonyl (C=O) groups excluding carboxylic acids is 1. The van der Waals surface area contributed by atoms with E-state index in [4.69, 9.17) is 4.74 Å². The van der Waals surface area contributed by atoms with Crippen LogP contribution in [0.3, 0.4) is 0 Å². The number of amides is 1. The molecule has 3 aromatic rings. The first-order valence-electron chi connectivity index (χ1n) is 7.43. The predicted octanol–water partition coefficient (Wildman–Crippen LogP) is 2.98. The van der Waals surface area contributed by atoms with Crippen LogP contribution in [0, 0.1) is 6.92 Å². The number of hydrogen-bond donors (Lipinski definition) is 2. The molecule has 7 heteroatoms. The molecule has 1 fully saturated rings. The summed E-state index contributed by atoms with van der Waals surface area (Å²) in [6, 6.07) is 6.05. The molecule has 1 amide bonds. The Labute approximate surface area is 132 Å². The summed E-state index contributed by atoms with van der Waals surface area (Å²) in [5.41, 5.74) is 5.55. The monoisotopic (exact) mass is 311 g/mol. The van der Waals surface area contributed by atoms with Gasteiger partial charge in [-0.05, 0) is 26.3 Å². The van der Waals surface area contributed by atoms with Gasteiger partial charge in [0.25, 0.3) is 0 Å². The van der Waals surface area contributed by atoms with Crippen molar-refractivity contribution in [1.29, 1.82) is 0 Å². The Morgan fingerprint density at radius 1 is 1.35 bits per heavy atom. The number of hydrogen-bond acceptors (Lipinski definition) is 5. The molecular weight excluding hydrogens is 294 g/mol. The molecule has 0 aliphatic carbocycles. The highest BCUT2D eigenvalue weighted by Gasteiger charge is 2.41. The Hall–Kier alpha value is -2.83. The van der Waals surface area contributed by atoms with Crippen molar-refractivity contribution in [3.63, 3.8) is 0 Å². The van der Waals surface area contributed by atoms with Crippen molar-refractivity contribution in [2.45, 2.75) is 26.3 Å². The Morgan fingerprint density at radius 2 is 2.17 bits per heavy atom. The molecule has 0 radical (unpaired) electrons. The van der Waals surface area contributed by atoms with Crippen LogP contribution >= 0.6 is 0 Å². The van der Waals surface area contributed by atoms with E-state index < -0.39 is 11.6 Å². The molecule has 2 aromatic heterocycles. The molecule has 1 aromatic carbocycles. The number of ether oxygens (including phenoxy) is 1. The van der Waals surface area contributed by atoms with Crippen LogP contribution in [0.4, 0.5) is 10.6 Å². The second-order valence-electron chi connectivity index (χ2n) is 6.38. The molecule has 0 saturated carbocycles. The van der Waals surface area contributed by atoms with Crippen LogP contribution in [0.1, 0.15) is 19.4 Å². The number of nitrogens with one attached hydrogen (secondary N) is 2. The van der Waals surface area contributed by atoms with E-state index >= 15 is 0 Å². The lowest BCUT2D eigenvalue weighted by molar-refractivity contribution is 0.162. The summed E-state index contributed by atoms with van der Waals surface area (Å²) < 4.78 is 5.13. The molecule has 1 saturated heterocycles. The van der Waals surface area contributed by atoms with E-state index in [0.717, 1.165) is 27.5 Å². The van der Waals surface area contributed by atoms with Crippen molar-refractivity contribution in [2.24, 2.45) is 0 Å². The number of benzene rings is 1. The van der Waals surface area contributed by atoms with Crippen LogP contribution in [0.5, 0.6) is 0 Å². The molecule has 3 heterocycles. The molecule has 0 atom stereocenters. The zero-order chi connectivity index (χ0) is 16.2. The third-order valence-corrected chi connectivity index (χ3v) is 4.19. The maximum absolute atomic E-state index is 12.0. The SMILES string of the molecule is Cc1cccc2c1[nH]c1ncnc(NN3C(=O)OCC3(C)C)c12. The van der Waals surface area contributed by atoms with Crippen LogP contribution in [0.15, 0.2) is 24.5 Å². The van der Waals surface area contributed by atoms with E-state index in [1.165, 1.54) is 11.3 Å². The van der Waals surface area contributed by atoms with Gasteiger partial charge in [-0.25, -0.2) is 19.8 Å². The summed E-state index contributed by atoms with van der Waals surface area (Å²) in [5.74, 6) is 0.582. The third kappa shape index (κ3) is 2.00. The fraction of sp³-hybridized carbons (Fsp3) is 0.312. The van der Waals surface area contributed by atoms with Crippen LogP contribution in [-0.4, -0.2) is 38.2 Å². The standard InChI is InChI=1S/C16H17N5O2/c1-9-5-4-6-10-11-13(19-12(9)10)17-8-18-14(11)20-21-15(22)23-7-16(21,2)3/h4-6,8H,7H2,1-3H3,(H2,17,18,19,20). The van der Waals surface area contributed by atoms with Crippen molar-refractivity contribution in [2.75, 3.05) is 12.0 Å². The molecule has 2 N–H and O–H groups in total. The Bertz CT molecular complexity index is 931. The van der Waals surface area contributed by atoms with Gasteiger partial charge in [-0.2, -0.15) is 0 Å². The zero-order valence-corrected chi connectivity index (χ0v) is 13.2. The Kier molecular flexibility index (Phi) is 2.75. The van der Waals surface area contributed by atoms with Crippen molar-refractivity contribution in [1.82, 2.24) is 20.0 Å². The first-order chi connectivity index (χ1) is 11.0. The number of H-pyrrole nitrogens is 1. The number of aromatic amines is 1. The lowest BCUT2D eigenvalue weighted by Gasteiger charge is -2.28. The largest absolute Gasteiger partial charge is 0.446 e. The number of carbonyl (C=O) groups is 1. The van der Waals surface area contributed by atoms with Crippen LogP contribution in [0.25, 0.3) is 21.9 Å². The molecule has 4 rings (SSSR count). The molecule has 0 spiro atoms. The number of fused-ring (bicyclic) bond motifs is 3. The normalized spacial score (nSPS) is 17.0. The van der Waals surface area contributed by atoms with E-state index in [2.05, 4.69) is 20.4 Å². The van der Waals surface area contributed by atoms with Crippen molar-refractivity contribution in [3.05, 3.63) is 30.1 Å². The first-order valence-corrected chi connectivity index (χ1v) is 7.43. The van der Waals surface area contributed by atoms with Gasteiger partial charge in [0.2, 0.25) is 0 Å². The average Bonchev–Trinajstić information content (AvgIpc) is 3.02. The quantitative estimate of drug-likeness (QED) is 0.760. The van der Waals surface area contributed by atoms with Gasteiger partial charge in [-0.15, -0.1) is 0 Å². The lowest BCUT2D eigenvalue weighted by Crippen LogP contribution is -2.45. The summed E-state index contributed by atoms with van der Waals surface area (Å²) in [4.78, 5) is 23.9. The Morgan fingerprint density at radius 3 is 2.91 bits per heavy atom. The number of nitrogens with zero attached hydrogens (tertiary/aromatic N) is 3. The van der Waals surface area contributed by atoms with Crippen molar-refractivity contribution in [3.8, 4) is 0 Å². The molecule has 118 valence electrons. The third-order valence-electron chi connectivity index (χ3n) is 4.19. The summed E-state index contributed by atoms with van der Waals surface area (Å²) >= 11 is 0. The number of rotatable bonds is 2. The highest BCUT2D eigenvalue weighted by Crippen LogP contribution is 2.32. The van der Waals surface area contributed by atoms with Gasteiger partial charge in [0, 0.05) is 5.39 Å². The second-order valence-corrected chi connectivity index (χ2v) is 6.38. The number of aryl methyl sites for hydroxylation is 1. The molecule has 7 nitrogen and oxygen atoms in total. The van der Waals surface area contributed by atoms with Crippen molar-refractivity contribution < 1.29 is 9.53 Å². The summed E-state index contributed by atoms with van der Waals surface area (Å²) in [5, 5.41) is 3.36. The van der Waals surface area contributed by atoms with E-state index in [-0.39, 0.29) is 0 Å². The fourth-order valence-corrected chi connectivity index (χ4v) is 2.90. The van der Waals surface area contributed by atoms with Gasteiger partial charge in [-0.3, -0.25) is 5.43 Å². The van der Waals surface area contributed by atoms with E-state index in [1.807, 2.05) is 39.0 Å². The average molecular weight is 311 g/mol. The van der Waals surface area contributed by atoms with Crippen LogP contribution in [-0.2, 0) is 4.74 Å². The number of hydrazine groups is 1. The molecular formula is C16H17N5O2. The summed E-state index contributed by atoms with van der Waals surface area (Å²) in [6.45, 7) is 6.24. The molecule has 1 aliphatic rings. The minimum absolute atomic E-state index is 0.333. The van der Waals surface area contributed by atoms with Gasteiger partial charge in [0.15, 0.2) is 5.82 Å². The van der Waals surface area contributed by atoms with Gasteiger partial charge in [-0.1, -0.05) is 18.2 Å². The van der Waals surface area contributed by atoms with Crippen LogP contribution in [0.2, 0.25) is 0 Å². The minimum atomic E-state index is -0.448. The summed E-state index contributed by atoms with van der Waals surface area (Å²) in [7, 11) is 0. The van der Waals surface area contributed by atoms with E-state index in [0.29, 0.717) is 12.4 Å². The second kappa shape index (κ2) is 4.58. The fourth-order valence-electron chi connectivity index (χ4n) is 2.90. The van der Waals surface area contributed by atoms with Crippen molar-refractivity contribution >= 4 is 33.8 Å².